The van der Waals surface area contributed by atoms with Crippen LogP contribution in [0.3, 0.4) is 0 Å². The van der Waals surface area contributed by atoms with Gasteiger partial charge in [-0.1, -0.05) is 57.2 Å². The van der Waals surface area contributed by atoms with Gasteiger partial charge in [-0.05, 0) is 31.4 Å². The van der Waals surface area contributed by atoms with Crippen molar-refractivity contribution < 1.29 is 9.53 Å². The molecule has 0 aliphatic carbocycles. The highest BCUT2D eigenvalue weighted by Crippen LogP contribution is 2.15. The van der Waals surface area contributed by atoms with Gasteiger partial charge in [0.15, 0.2) is 0 Å². The zero-order chi connectivity index (χ0) is 13.9. The molecule has 0 saturated carbocycles. The first-order valence-corrected chi connectivity index (χ1v) is 7.54. The molecule has 0 N–H and O–H groups in total. The number of carbonyl (C=O) groups excluding carboxylic acids is 1. The van der Waals surface area contributed by atoms with E-state index in [1.165, 1.54) is 32.1 Å². The smallest absolute Gasteiger partial charge is 0.338 e. The second kappa shape index (κ2) is 9.60. The number of ether oxygens (including phenoxy) is 1. The third-order valence-electron chi connectivity index (χ3n) is 3.31. The normalized spacial score (nSPS) is 10.4. The Morgan fingerprint density at radius 1 is 1.00 bits per heavy atom. The van der Waals surface area contributed by atoms with E-state index in [0.717, 1.165) is 24.0 Å². The average Bonchev–Trinajstić information content (AvgIpc) is 2.43. The largest absolute Gasteiger partial charge is 0.462 e. The molecule has 0 amide bonds. The van der Waals surface area contributed by atoms with Crippen LogP contribution in [-0.4, -0.2) is 12.6 Å². The summed E-state index contributed by atoms with van der Waals surface area (Å²) < 4.78 is 5.09. The molecule has 0 unspecified atom stereocenters. The van der Waals surface area contributed by atoms with Gasteiger partial charge in [-0.3, -0.25) is 0 Å². The van der Waals surface area contributed by atoms with Crippen molar-refractivity contribution in [2.24, 2.45) is 0 Å². The second-order valence-electron chi connectivity index (χ2n) is 4.90. The number of unbranched alkanes of at least 4 members (excludes halogenated alkanes) is 5. The summed E-state index contributed by atoms with van der Waals surface area (Å²) in [5, 5.41) is 0. The van der Waals surface area contributed by atoms with Gasteiger partial charge < -0.3 is 4.74 Å². The summed E-state index contributed by atoms with van der Waals surface area (Å²) in [6.07, 6.45) is 8.62. The van der Waals surface area contributed by atoms with Gasteiger partial charge in [0.1, 0.15) is 0 Å². The van der Waals surface area contributed by atoms with Gasteiger partial charge in [-0.2, -0.15) is 0 Å². The minimum Gasteiger partial charge on any atom is -0.462 e. The van der Waals surface area contributed by atoms with Gasteiger partial charge in [0, 0.05) is 0 Å². The van der Waals surface area contributed by atoms with Crippen LogP contribution in [0.15, 0.2) is 24.3 Å². The number of carbonyl (C=O) groups is 1. The van der Waals surface area contributed by atoms with Crippen LogP contribution in [0.1, 0.15) is 68.3 Å². The van der Waals surface area contributed by atoms with Gasteiger partial charge >= 0.3 is 5.97 Å². The Morgan fingerprint density at radius 3 is 2.42 bits per heavy atom. The Balaban J connectivity index is 2.42. The third kappa shape index (κ3) is 5.91. The van der Waals surface area contributed by atoms with Gasteiger partial charge in [-0.15, -0.1) is 0 Å². The van der Waals surface area contributed by atoms with Gasteiger partial charge in [0.05, 0.1) is 12.2 Å². The van der Waals surface area contributed by atoms with E-state index in [2.05, 4.69) is 6.92 Å². The lowest BCUT2D eigenvalue weighted by atomic mass is 10.0. The standard InChI is InChI=1S/C17H26O2/c1-3-5-6-7-8-9-12-15-13-10-11-14-16(15)17(18)19-4-2/h10-11,13-14H,3-9,12H2,1-2H3. The van der Waals surface area contributed by atoms with E-state index >= 15 is 0 Å². The first-order chi connectivity index (χ1) is 9.29. The molecule has 0 heterocycles. The molecule has 0 radical (unpaired) electrons. The van der Waals surface area contributed by atoms with E-state index in [9.17, 15) is 4.79 Å². The third-order valence-corrected chi connectivity index (χ3v) is 3.31. The van der Waals surface area contributed by atoms with E-state index in [4.69, 9.17) is 4.74 Å². The van der Waals surface area contributed by atoms with Crippen molar-refractivity contribution in [3.05, 3.63) is 35.4 Å². The molecule has 106 valence electrons. The van der Waals surface area contributed by atoms with Crippen LogP contribution in [0, 0.1) is 0 Å². The molecule has 1 aromatic carbocycles. The molecule has 0 aliphatic heterocycles. The lowest BCUT2D eigenvalue weighted by Gasteiger charge is -2.08. The van der Waals surface area contributed by atoms with Crippen LogP contribution in [0.25, 0.3) is 0 Å². The van der Waals surface area contributed by atoms with Crippen molar-refractivity contribution in [3.63, 3.8) is 0 Å². The number of rotatable bonds is 9. The number of aryl methyl sites for hydroxylation is 1. The summed E-state index contributed by atoms with van der Waals surface area (Å²) in [5.41, 5.74) is 1.86. The Bertz CT molecular complexity index is 371. The summed E-state index contributed by atoms with van der Waals surface area (Å²) in [5.74, 6) is -0.191. The lowest BCUT2D eigenvalue weighted by molar-refractivity contribution is 0.0525. The maximum absolute atomic E-state index is 11.8. The predicted molar refractivity (Wildman–Crippen MR) is 79.5 cm³/mol. The molecule has 0 aromatic heterocycles. The van der Waals surface area contributed by atoms with Crippen LogP contribution in [0.4, 0.5) is 0 Å². The van der Waals surface area contributed by atoms with Crippen LogP contribution in [0.2, 0.25) is 0 Å². The highest BCUT2D eigenvalue weighted by atomic mass is 16.5. The molecule has 0 spiro atoms. The number of hydrogen-bond donors (Lipinski definition) is 0. The molecular weight excluding hydrogens is 236 g/mol. The SMILES string of the molecule is CCCCCCCCc1ccccc1C(=O)OCC. The summed E-state index contributed by atoms with van der Waals surface area (Å²) in [6.45, 7) is 4.51. The topological polar surface area (TPSA) is 26.3 Å². The summed E-state index contributed by atoms with van der Waals surface area (Å²) in [4.78, 5) is 11.8. The molecule has 1 rings (SSSR count). The lowest BCUT2D eigenvalue weighted by Crippen LogP contribution is -2.08. The zero-order valence-corrected chi connectivity index (χ0v) is 12.3. The number of hydrogen-bond acceptors (Lipinski definition) is 2. The Labute approximate surface area is 117 Å². The summed E-state index contributed by atoms with van der Waals surface area (Å²) in [7, 11) is 0. The molecule has 0 bridgehead atoms. The van der Waals surface area contributed by atoms with Crippen molar-refractivity contribution in [3.8, 4) is 0 Å². The Kier molecular flexibility index (Phi) is 7.95. The fourth-order valence-corrected chi connectivity index (χ4v) is 2.24. The van der Waals surface area contributed by atoms with Crippen LogP contribution >= 0.6 is 0 Å². The maximum Gasteiger partial charge on any atom is 0.338 e. The summed E-state index contributed by atoms with van der Waals surface area (Å²) >= 11 is 0. The number of benzene rings is 1. The van der Waals surface area contributed by atoms with Crippen LogP contribution in [0.5, 0.6) is 0 Å². The van der Waals surface area contributed by atoms with Crippen LogP contribution < -0.4 is 0 Å². The first-order valence-electron chi connectivity index (χ1n) is 7.54. The van der Waals surface area contributed by atoms with Crippen LogP contribution in [-0.2, 0) is 11.2 Å². The molecule has 0 fully saturated rings. The fraction of sp³-hybridized carbons (Fsp3) is 0.588. The molecule has 0 saturated heterocycles. The molecule has 1 aromatic rings. The molecule has 2 heteroatoms. The van der Waals surface area contributed by atoms with E-state index in [-0.39, 0.29) is 5.97 Å². The van der Waals surface area contributed by atoms with Crippen molar-refractivity contribution in [2.75, 3.05) is 6.61 Å². The Morgan fingerprint density at radius 2 is 1.68 bits per heavy atom. The van der Waals surface area contributed by atoms with E-state index in [0.29, 0.717) is 6.61 Å². The molecule has 0 atom stereocenters. The second-order valence-corrected chi connectivity index (χ2v) is 4.90. The Hall–Kier alpha value is -1.31. The molecule has 19 heavy (non-hydrogen) atoms. The minimum atomic E-state index is -0.191. The molecule has 0 aliphatic rings. The van der Waals surface area contributed by atoms with Gasteiger partial charge in [0.2, 0.25) is 0 Å². The van der Waals surface area contributed by atoms with E-state index in [1.54, 1.807) is 0 Å². The molecule has 2 nitrogen and oxygen atoms in total. The molecular formula is C17H26O2. The summed E-state index contributed by atoms with van der Waals surface area (Å²) in [6, 6.07) is 7.80. The highest BCUT2D eigenvalue weighted by Gasteiger charge is 2.10. The van der Waals surface area contributed by atoms with Crippen molar-refractivity contribution in [2.45, 2.75) is 58.8 Å². The van der Waals surface area contributed by atoms with Gasteiger partial charge in [-0.25, -0.2) is 4.79 Å². The van der Waals surface area contributed by atoms with E-state index < -0.39 is 0 Å². The predicted octanol–water partition coefficient (Wildman–Crippen LogP) is 4.77. The highest BCUT2D eigenvalue weighted by molar-refractivity contribution is 5.91. The number of esters is 1. The van der Waals surface area contributed by atoms with Crippen molar-refractivity contribution in [1.29, 1.82) is 0 Å². The zero-order valence-electron chi connectivity index (χ0n) is 12.3. The maximum atomic E-state index is 11.8. The fourth-order valence-electron chi connectivity index (χ4n) is 2.24. The monoisotopic (exact) mass is 262 g/mol. The van der Waals surface area contributed by atoms with Crippen molar-refractivity contribution in [1.82, 2.24) is 0 Å². The minimum absolute atomic E-state index is 0.191. The first kappa shape index (κ1) is 15.7. The van der Waals surface area contributed by atoms with E-state index in [1.807, 2.05) is 31.2 Å². The van der Waals surface area contributed by atoms with Crippen molar-refractivity contribution >= 4 is 5.97 Å². The average molecular weight is 262 g/mol. The quantitative estimate of drug-likeness (QED) is 0.473. The van der Waals surface area contributed by atoms with Gasteiger partial charge in [0.25, 0.3) is 0 Å².